The average Bonchev–Trinajstić information content (AvgIpc) is 2.10. The summed E-state index contributed by atoms with van der Waals surface area (Å²) < 4.78 is 0. The summed E-state index contributed by atoms with van der Waals surface area (Å²) in [6.45, 7) is 14.3. The van der Waals surface area contributed by atoms with Crippen LogP contribution in [0.4, 0.5) is 0 Å². The van der Waals surface area contributed by atoms with Crippen molar-refractivity contribution in [1.29, 1.82) is 0 Å². The van der Waals surface area contributed by atoms with Crippen LogP contribution in [-0.2, 0) is 0 Å². The van der Waals surface area contributed by atoms with Crippen LogP contribution in [0.2, 0.25) is 0 Å². The zero-order valence-electron chi connectivity index (χ0n) is 10.6. The number of nitrogens with one attached hydrogen (secondary N) is 1. The van der Waals surface area contributed by atoms with Gasteiger partial charge in [-0.3, -0.25) is 0 Å². The first kappa shape index (κ1) is 13.9. The molecule has 0 aliphatic heterocycles. The van der Waals surface area contributed by atoms with Gasteiger partial charge in [-0.2, -0.15) is 0 Å². The van der Waals surface area contributed by atoms with Crippen LogP contribution in [0.5, 0.6) is 0 Å². The molecule has 0 spiro atoms. The maximum absolute atomic E-state index is 5.65. The molecule has 0 saturated heterocycles. The van der Waals surface area contributed by atoms with Crippen LogP contribution in [0, 0.1) is 17.3 Å². The topological polar surface area (TPSA) is 38.0 Å². The van der Waals surface area contributed by atoms with Crippen molar-refractivity contribution in [3.8, 4) is 0 Å². The lowest BCUT2D eigenvalue weighted by Crippen LogP contribution is -2.34. The number of hydrogen-bond donors (Lipinski definition) is 2. The Morgan fingerprint density at radius 1 is 1.21 bits per heavy atom. The molecule has 14 heavy (non-hydrogen) atoms. The molecule has 0 radical (unpaired) electrons. The first-order valence-electron chi connectivity index (χ1n) is 5.82. The molecule has 0 rings (SSSR count). The van der Waals surface area contributed by atoms with Crippen molar-refractivity contribution >= 4 is 0 Å². The monoisotopic (exact) mass is 200 g/mol. The molecule has 0 aliphatic carbocycles. The third kappa shape index (κ3) is 5.61. The standard InChI is InChI=1S/C12H28N2/c1-6-11(7-13)9-14-8-10(2)12(3,4)5/h10-11,14H,6-9,13H2,1-5H3. The van der Waals surface area contributed by atoms with Crippen molar-refractivity contribution in [3.63, 3.8) is 0 Å². The van der Waals surface area contributed by atoms with E-state index in [0.29, 0.717) is 17.3 Å². The highest BCUT2D eigenvalue weighted by Gasteiger charge is 2.19. The molecule has 0 saturated carbocycles. The summed E-state index contributed by atoms with van der Waals surface area (Å²) in [5.74, 6) is 1.35. The van der Waals surface area contributed by atoms with E-state index < -0.39 is 0 Å². The van der Waals surface area contributed by atoms with Crippen LogP contribution in [0.1, 0.15) is 41.0 Å². The summed E-state index contributed by atoms with van der Waals surface area (Å²) in [7, 11) is 0. The van der Waals surface area contributed by atoms with Crippen LogP contribution in [0.15, 0.2) is 0 Å². The molecule has 3 N–H and O–H groups in total. The molecular weight excluding hydrogens is 172 g/mol. The minimum Gasteiger partial charge on any atom is -0.330 e. The predicted molar refractivity (Wildman–Crippen MR) is 64.3 cm³/mol. The second-order valence-electron chi connectivity index (χ2n) is 5.44. The predicted octanol–water partition coefficient (Wildman–Crippen LogP) is 2.24. The van der Waals surface area contributed by atoms with Gasteiger partial charge < -0.3 is 11.1 Å². The molecule has 0 aromatic carbocycles. The Morgan fingerprint density at radius 2 is 1.79 bits per heavy atom. The van der Waals surface area contributed by atoms with Crippen molar-refractivity contribution in [2.24, 2.45) is 23.0 Å². The fraction of sp³-hybridized carbons (Fsp3) is 1.00. The fourth-order valence-electron chi connectivity index (χ4n) is 1.20. The Kier molecular flexibility index (Phi) is 6.38. The van der Waals surface area contributed by atoms with Crippen LogP contribution >= 0.6 is 0 Å². The zero-order valence-corrected chi connectivity index (χ0v) is 10.6. The second-order valence-corrected chi connectivity index (χ2v) is 5.44. The summed E-state index contributed by atoms with van der Waals surface area (Å²) in [5, 5.41) is 3.51. The lowest BCUT2D eigenvalue weighted by molar-refractivity contribution is 0.249. The number of rotatable bonds is 6. The lowest BCUT2D eigenvalue weighted by atomic mass is 9.82. The molecule has 0 bridgehead atoms. The van der Waals surface area contributed by atoms with Gasteiger partial charge in [0.1, 0.15) is 0 Å². The first-order valence-corrected chi connectivity index (χ1v) is 5.82. The van der Waals surface area contributed by atoms with Gasteiger partial charge in [-0.1, -0.05) is 41.0 Å². The van der Waals surface area contributed by atoms with E-state index in [1.54, 1.807) is 0 Å². The minimum absolute atomic E-state index is 0.400. The quantitative estimate of drug-likeness (QED) is 0.690. The van der Waals surface area contributed by atoms with E-state index in [4.69, 9.17) is 5.73 Å². The SMILES string of the molecule is CCC(CN)CNCC(C)C(C)(C)C. The lowest BCUT2D eigenvalue weighted by Gasteiger charge is -2.28. The number of hydrogen-bond acceptors (Lipinski definition) is 2. The van der Waals surface area contributed by atoms with Gasteiger partial charge in [-0.05, 0) is 36.9 Å². The van der Waals surface area contributed by atoms with E-state index >= 15 is 0 Å². The largest absolute Gasteiger partial charge is 0.330 e. The Hall–Kier alpha value is -0.0800. The molecule has 0 heterocycles. The smallest absolute Gasteiger partial charge is 0.000844 e. The zero-order chi connectivity index (χ0) is 11.2. The van der Waals surface area contributed by atoms with E-state index in [-0.39, 0.29) is 0 Å². The van der Waals surface area contributed by atoms with Crippen molar-refractivity contribution in [2.45, 2.75) is 41.0 Å². The van der Waals surface area contributed by atoms with E-state index in [0.717, 1.165) is 19.6 Å². The molecule has 86 valence electrons. The van der Waals surface area contributed by atoms with Gasteiger partial charge in [0.2, 0.25) is 0 Å². The molecular formula is C12H28N2. The third-order valence-electron chi connectivity index (χ3n) is 3.27. The van der Waals surface area contributed by atoms with Gasteiger partial charge in [0.05, 0.1) is 0 Å². The molecule has 0 aliphatic rings. The minimum atomic E-state index is 0.400. The summed E-state index contributed by atoms with van der Waals surface area (Å²) >= 11 is 0. The van der Waals surface area contributed by atoms with Gasteiger partial charge >= 0.3 is 0 Å². The fourth-order valence-corrected chi connectivity index (χ4v) is 1.20. The number of nitrogens with two attached hydrogens (primary N) is 1. The Bertz CT molecular complexity index is 134. The maximum Gasteiger partial charge on any atom is -0.000844 e. The maximum atomic E-state index is 5.65. The summed E-state index contributed by atoms with van der Waals surface area (Å²) in [5.41, 5.74) is 6.05. The van der Waals surface area contributed by atoms with E-state index in [9.17, 15) is 0 Å². The van der Waals surface area contributed by atoms with Crippen LogP contribution < -0.4 is 11.1 Å². The van der Waals surface area contributed by atoms with Crippen molar-refractivity contribution in [2.75, 3.05) is 19.6 Å². The first-order chi connectivity index (χ1) is 6.41. The van der Waals surface area contributed by atoms with Crippen molar-refractivity contribution in [3.05, 3.63) is 0 Å². The Morgan fingerprint density at radius 3 is 2.14 bits per heavy atom. The van der Waals surface area contributed by atoms with Gasteiger partial charge in [0.15, 0.2) is 0 Å². The van der Waals surface area contributed by atoms with Crippen LogP contribution in [-0.4, -0.2) is 19.6 Å². The third-order valence-corrected chi connectivity index (χ3v) is 3.27. The van der Waals surface area contributed by atoms with Gasteiger partial charge in [-0.25, -0.2) is 0 Å². The Balaban J connectivity index is 3.63. The summed E-state index contributed by atoms with van der Waals surface area (Å²) in [6.07, 6.45) is 1.17. The highest BCUT2D eigenvalue weighted by atomic mass is 14.9. The molecule has 0 fully saturated rings. The summed E-state index contributed by atoms with van der Waals surface area (Å²) in [6, 6.07) is 0. The Labute approximate surface area is 89.6 Å². The molecule has 2 heteroatoms. The normalized spacial score (nSPS) is 16.7. The van der Waals surface area contributed by atoms with E-state index in [2.05, 4.69) is 39.9 Å². The average molecular weight is 200 g/mol. The molecule has 0 aromatic heterocycles. The molecule has 2 atom stereocenters. The molecule has 2 unspecified atom stereocenters. The molecule has 2 nitrogen and oxygen atoms in total. The van der Waals surface area contributed by atoms with Crippen molar-refractivity contribution in [1.82, 2.24) is 5.32 Å². The van der Waals surface area contributed by atoms with Crippen LogP contribution in [0.25, 0.3) is 0 Å². The van der Waals surface area contributed by atoms with Crippen molar-refractivity contribution < 1.29 is 0 Å². The second kappa shape index (κ2) is 6.41. The van der Waals surface area contributed by atoms with Gasteiger partial charge in [-0.15, -0.1) is 0 Å². The molecule has 0 aromatic rings. The van der Waals surface area contributed by atoms with Gasteiger partial charge in [0.25, 0.3) is 0 Å². The summed E-state index contributed by atoms with van der Waals surface area (Å²) in [4.78, 5) is 0. The highest BCUT2D eigenvalue weighted by molar-refractivity contribution is 4.72. The molecule has 0 amide bonds. The van der Waals surface area contributed by atoms with Gasteiger partial charge in [0, 0.05) is 0 Å². The van der Waals surface area contributed by atoms with Crippen LogP contribution in [0.3, 0.4) is 0 Å². The van der Waals surface area contributed by atoms with E-state index in [1.807, 2.05) is 0 Å². The van der Waals surface area contributed by atoms with E-state index in [1.165, 1.54) is 6.42 Å². The highest BCUT2D eigenvalue weighted by Crippen LogP contribution is 2.24.